The Balaban J connectivity index is 1.83. The summed E-state index contributed by atoms with van der Waals surface area (Å²) in [5.74, 6) is 2.02. The number of benzene rings is 1. The SMILES string of the molecule is COCCCSc1nnc(CC(C)c2ccccc2)o1. The average molecular weight is 292 g/mol. The quantitative estimate of drug-likeness (QED) is 0.550. The molecule has 0 aliphatic heterocycles. The molecule has 2 aromatic rings. The Morgan fingerprint density at radius 3 is 2.80 bits per heavy atom. The molecule has 5 heteroatoms. The van der Waals surface area contributed by atoms with Gasteiger partial charge >= 0.3 is 0 Å². The summed E-state index contributed by atoms with van der Waals surface area (Å²) < 4.78 is 10.7. The van der Waals surface area contributed by atoms with Crippen molar-refractivity contribution in [1.82, 2.24) is 10.2 Å². The lowest BCUT2D eigenvalue weighted by molar-refractivity contribution is 0.200. The van der Waals surface area contributed by atoms with Gasteiger partial charge in [0.05, 0.1) is 0 Å². The highest BCUT2D eigenvalue weighted by molar-refractivity contribution is 7.99. The first-order chi connectivity index (χ1) is 9.79. The van der Waals surface area contributed by atoms with Gasteiger partial charge in [-0.25, -0.2) is 0 Å². The minimum absolute atomic E-state index is 0.378. The summed E-state index contributed by atoms with van der Waals surface area (Å²) in [7, 11) is 1.71. The van der Waals surface area contributed by atoms with Crippen molar-refractivity contribution < 1.29 is 9.15 Å². The first-order valence-electron chi connectivity index (χ1n) is 6.78. The van der Waals surface area contributed by atoms with Gasteiger partial charge < -0.3 is 9.15 Å². The van der Waals surface area contributed by atoms with Crippen LogP contribution in [0.3, 0.4) is 0 Å². The van der Waals surface area contributed by atoms with Crippen molar-refractivity contribution in [1.29, 1.82) is 0 Å². The highest BCUT2D eigenvalue weighted by atomic mass is 32.2. The van der Waals surface area contributed by atoms with Gasteiger partial charge in [0.1, 0.15) is 0 Å². The first-order valence-corrected chi connectivity index (χ1v) is 7.77. The van der Waals surface area contributed by atoms with Gasteiger partial charge in [-0.15, -0.1) is 10.2 Å². The first kappa shape index (κ1) is 15.1. The Morgan fingerprint density at radius 1 is 1.25 bits per heavy atom. The third-order valence-corrected chi connectivity index (χ3v) is 3.92. The maximum Gasteiger partial charge on any atom is 0.276 e. The summed E-state index contributed by atoms with van der Waals surface area (Å²) in [6.45, 7) is 2.93. The molecule has 0 N–H and O–H groups in total. The van der Waals surface area contributed by atoms with E-state index in [2.05, 4.69) is 41.4 Å². The second-order valence-corrected chi connectivity index (χ2v) is 5.72. The molecule has 0 fully saturated rings. The smallest absolute Gasteiger partial charge is 0.276 e. The van der Waals surface area contributed by atoms with Crippen LogP contribution >= 0.6 is 11.8 Å². The summed E-state index contributed by atoms with van der Waals surface area (Å²) in [6, 6.07) is 10.4. The fraction of sp³-hybridized carbons (Fsp3) is 0.467. The van der Waals surface area contributed by atoms with Crippen LogP contribution in [0.2, 0.25) is 0 Å². The molecule has 1 heterocycles. The van der Waals surface area contributed by atoms with Crippen LogP contribution in [-0.2, 0) is 11.2 Å². The van der Waals surface area contributed by atoms with E-state index in [4.69, 9.17) is 9.15 Å². The molecule has 2 rings (SSSR count). The molecular weight excluding hydrogens is 272 g/mol. The molecule has 1 atom stereocenters. The Bertz CT molecular complexity index is 502. The van der Waals surface area contributed by atoms with Gasteiger partial charge in [-0.2, -0.15) is 0 Å². The highest BCUT2D eigenvalue weighted by Crippen LogP contribution is 2.22. The van der Waals surface area contributed by atoms with Crippen molar-refractivity contribution in [2.75, 3.05) is 19.5 Å². The standard InChI is InChI=1S/C15H20N2O2S/c1-12(13-7-4-3-5-8-13)11-14-16-17-15(19-14)20-10-6-9-18-2/h3-5,7-8,12H,6,9-11H2,1-2H3. The lowest BCUT2D eigenvalue weighted by atomic mass is 9.98. The second-order valence-electron chi connectivity index (χ2n) is 4.67. The number of thioether (sulfide) groups is 1. The Kier molecular flexibility index (Phi) is 6.08. The number of methoxy groups -OCH3 is 1. The van der Waals surface area contributed by atoms with E-state index >= 15 is 0 Å². The largest absolute Gasteiger partial charge is 0.416 e. The third kappa shape index (κ3) is 4.65. The molecule has 0 bridgehead atoms. The molecule has 1 aromatic carbocycles. The van der Waals surface area contributed by atoms with Gasteiger partial charge in [-0.1, -0.05) is 49.0 Å². The molecule has 1 aromatic heterocycles. The molecule has 20 heavy (non-hydrogen) atoms. The fourth-order valence-electron chi connectivity index (χ4n) is 1.90. The van der Waals surface area contributed by atoms with E-state index in [-0.39, 0.29) is 0 Å². The summed E-state index contributed by atoms with van der Waals surface area (Å²) in [6.07, 6.45) is 1.76. The topological polar surface area (TPSA) is 48.2 Å². The zero-order chi connectivity index (χ0) is 14.2. The minimum Gasteiger partial charge on any atom is -0.416 e. The maximum absolute atomic E-state index is 5.66. The molecule has 0 amide bonds. The molecule has 0 spiro atoms. The van der Waals surface area contributed by atoms with Gasteiger partial charge in [0.15, 0.2) is 0 Å². The lowest BCUT2D eigenvalue weighted by Gasteiger charge is -2.08. The Hall–Kier alpha value is -1.33. The zero-order valence-electron chi connectivity index (χ0n) is 11.9. The molecule has 4 nitrogen and oxygen atoms in total. The predicted octanol–water partition coefficient (Wildman–Crippen LogP) is 3.54. The van der Waals surface area contributed by atoms with Crippen LogP contribution in [0.4, 0.5) is 0 Å². The van der Waals surface area contributed by atoms with Gasteiger partial charge in [0.25, 0.3) is 5.22 Å². The average Bonchev–Trinajstić information content (AvgIpc) is 2.92. The van der Waals surface area contributed by atoms with E-state index < -0.39 is 0 Å². The number of aromatic nitrogens is 2. The van der Waals surface area contributed by atoms with E-state index in [0.29, 0.717) is 17.0 Å². The van der Waals surface area contributed by atoms with Gasteiger partial charge in [-0.05, 0) is 17.9 Å². The number of rotatable bonds is 8. The van der Waals surface area contributed by atoms with Crippen LogP contribution in [0.25, 0.3) is 0 Å². The van der Waals surface area contributed by atoms with Gasteiger partial charge in [0.2, 0.25) is 5.89 Å². The van der Waals surface area contributed by atoms with Crippen molar-refractivity contribution in [2.45, 2.75) is 30.9 Å². The Labute approximate surface area is 123 Å². The molecule has 0 aliphatic rings. The molecule has 108 valence electrons. The van der Waals surface area contributed by atoms with Crippen molar-refractivity contribution in [3.63, 3.8) is 0 Å². The van der Waals surface area contributed by atoms with E-state index in [1.165, 1.54) is 5.56 Å². The predicted molar refractivity (Wildman–Crippen MR) is 80.1 cm³/mol. The van der Waals surface area contributed by atoms with Crippen molar-refractivity contribution in [2.24, 2.45) is 0 Å². The summed E-state index contributed by atoms with van der Waals surface area (Å²) in [5.41, 5.74) is 1.29. The molecule has 0 saturated heterocycles. The summed E-state index contributed by atoms with van der Waals surface area (Å²) in [4.78, 5) is 0. The van der Waals surface area contributed by atoms with Crippen LogP contribution < -0.4 is 0 Å². The molecule has 0 radical (unpaired) electrons. The van der Waals surface area contributed by atoms with Gasteiger partial charge in [0, 0.05) is 25.9 Å². The van der Waals surface area contributed by atoms with Crippen LogP contribution in [0.15, 0.2) is 40.0 Å². The van der Waals surface area contributed by atoms with Crippen molar-refractivity contribution in [3.05, 3.63) is 41.8 Å². The number of hydrogen-bond donors (Lipinski definition) is 0. The minimum atomic E-state index is 0.378. The van der Waals surface area contributed by atoms with Crippen LogP contribution in [0, 0.1) is 0 Å². The molecule has 0 aliphatic carbocycles. The van der Waals surface area contributed by atoms with E-state index in [1.54, 1.807) is 18.9 Å². The number of ether oxygens (including phenoxy) is 1. The van der Waals surface area contributed by atoms with Crippen molar-refractivity contribution >= 4 is 11.8 Å². The van der Waals surface area contributed by atoms with E-state index in [0.717, 1.165) is 25.2 Å². The maximum atomic E-state index is 5.66. The zero-order valence-corrected chi connectivity index (χ0v) is 12.7. The summed E-state index contributed by atoms with van der Waals surface area (Å²) >= 11 is 1.58. The monoisotopic (exact) mass is 292 g/mol. The normalized spacial score (nSPS) is 12.5. The number of nitrogens with zero attached hydrogens (tertiary/aromatic N) is 2. The molecule has 1 unspecified atom stereocenters. The number of hydrogen-bond acceptors (Lipinski definition) is 5. The fourth-order valence-corrected chi connectivity index (χ4v) is 2.59. The van der Waals surface area contributed by atoms with Crippen molar-refractivity contribution in [3.8, 4) is 0 Å². The van der Waals surface area contributed by atoms with Crippen LogP contribution in [0.1, 0.15) is 30.7 Å². The Morgan fingerprint density at radius 2 is 2.05 bits per heavy atom. The van der Waals surface area contributed by atoms with Crippen LogP contribution in [-0.4, -0.2) is 29.7 Å². The third-order valence-electron chi connectivity index (χ3n) is 3.02. The van der Waals surface area contributed by atoms with Gasteiger partial charge in [-0.3, -0.25) is 0 Å². The van der Waals surface area contributed by atoms with E-state index in [9.17, 15) is 0 Å². The summed E-state index contributed by atoms with van der Waals surface area (Å²) in [5, 5.41) is 8.83. The lowest BCUT2D eigenvalue weighted by Crippen LogP contribution is -1.98. The highest BCUT2D eigenvalue weighted by Gasteiger charge is 2.12. The van der Waals surface area contributed by atoms with Crippen LogP contribution in [0.5, 0.6) is 0 Å². The molecule has 0 saturated carbocycles. The second kappa shape index (κ2) is 8.07. The molecular formula is C15H20N2O2S. The van der Waals surface area contributed by atoms with E-state index in [1.807, 2.05) is 6.07 Å².